The number of rotatable bonds is 2. The minimum atomic E-state index is 0.137. The molecule has 3 heteroatoms. The quantitative estimate of drug-likeness (QED) is 0.746. The van der Waals surface area contributed by atoms with Gasteiger partial charge in [-0.2, -0.15) is 0 Å². The third-order valence-electron chi connectivity index (χ3n) is 3.25. The summed E-state index contributed by atoms with van der Waals surface area (Å²) in [4.78, 5) is 15.4. The maximum atomic E-state index is 11.7. The Morgan fingerprint density at radius 2 is 1.94 bits per heavy atom. The summed E-state index contributed by atoms with van der Waals surface area (Å²) >= 11 is 0. The number of hydrogen-bond acceptors (Lipinski definition) is 1. The second-order valence-corrected chi connectivity index (χ2v) is 4.54. The van der Waals surface area contributed by atoms with Crippen molar-refractivity contribution in [1.29, 1.82) is 0 Å². The lowest BCUT2D eigenvalue weighted by Crippen LogP contribution is -2.28. The fourth-order valence-corrected chi connectivity index (χ4v) is 1.97. The van der Waals surface area contributed by atoms with Gasteiger partial charge in [-0.25, -0.2) is 4.79 Å². The predicted molar refractivity (Wildman–Crippen MR) is 64.4 cm³/mol. The van der Waals surface area contributed by atoms with E-state index in [2.05, 4.69) is 32.0 Å². The van der Waals surface area contributed by atoms with Crippen LogP contribution in [0.4, 0.5) is 4.79 Å². The zero-order valence-corrected chi connectivity index (χ0v) is 10.2. The number of aryl methyl sites for hydroxylation is 2. The summed E-state index contributed by atoms with van der Waals surface area (Å²) in [7, 11) is 1.85. The third-order valence-corrected chi connectivity index (χ3v) is 3.25. The normalized spacial score (nSPS) is 16.1. The highest BCUT2D eigenvalue weighted by Gasteiger charge is 2.24. The van der Waals surface area contributed by atoms with E-state index in [4.69, 9.17) is 0 Å². The standard InChI is InChI=1S/C13H18N2O/c1-10-4-5-12(8-11(10)2)9-15-7-6-14(3)13(15)16/h4-5,8H,6-7,9H2,1-3H3. The van der Waals surface area contributed by atoms with Gasteiger partial charge in [-0.05, 0) is 30.5 Å². The largest absolute Gasteiger partial charge is 0.326 e. The molecule has 1 aromatic rings. The van der Waals surface area contributed by atoms with Gasteiger partial charge in [0.05, 0.1) is 0 Å². The van der Waals surface area contributed by atoms with Crippen molar-refractivity contribution in [2.24, 2.45) is 0 Å². The van der Waals surface area contributed by atoms with E-state index in [-0.39, 0.29) is 6.03 Å². The van der Waals surface area contributed by atoms with Crippen LogP contribution in [0.15, 0.2) is 18.2 Å². The van der Waals surface area contributed by atoms with Gasteiger partial charge >= 0.3 is 6.03 Å². The Kier molecular flexibility index (Phi) is 2.86. The van der Waals surface area contributed by atoms with E-state index in [1.54, 1.807) is 4.90 Å². The lowest BCUT2D eigenvalue weighted by atomic mass is 10.1. The van der Waals surface area contributed by atoms with Crippen molar-refractivity contribution in [1.82, 2.24) is 9.80 Å². The summed E-state index contributed by atoms with van der Waals surface area (Å²) in [5, 5.41) is 0. The molecule has 16 heavy (non-hydrogen) atoms. The molecule has 1 fully saturated rings. The van der Waals surface area contributed by atoms with Crippen LogP contribution in [0.3, 0.4) is 0 Å². The van der Waals surface area contributed by atoms with Gasteiger partial charge in [-0.3, -0.25) is 0 Å². The average molecular weight is 218 g/mol. The number of benzene rings is 1. The molecule has 1 aliphatic heterocycles. The molecule has 0 bridgehead atoms. The van der Waals surface area contributed by atoms with E-state index in [1.165, 1.54) is 16.7 Å². The summed E-state index contributed by atoms with van der Waals surface area (Å²) in [5.74, 6) is 0. The van der Waals surface area contributed by atoms with Gasteiger partial charge in [-0.15, -0.1) is 0 Å². The first-order chi connectivity index (χ1) is 7.58. The predicted octanol–water partition coefficient (Wildman–Crippen LogP) is 2.17. The third kappa shape index (κ3) is 2.03. The van der Waals surface area contributed by atoms with E-state index in [0.717, 1.165) is 19.6 Å². The van der Waals surface area contributed by atoms with Gasteiger partial charge in [0.25, 0.3) is 0 Å². The molecule has 0 atom stereocenters. The molecule has 0 N–H and O–H groups in total. The second-order valence-electron chi connectivity index (χ2n) is 4.54. The first kappa shape index (κ1) is 11.0. The molecule has 1 heterocycles. The molecule has 0 aromatic heterocycles. The van der Waals surface area contributed by atoms with Crippen LogP contribution in [0.25, 0.3) is 0 Å². The zero-order valence-electron chi connectivity index (χ0n) is 10.2. The minimum Gasteiger partial charge on any atom is -0.326 e. The fraction of sp³-hybridized carbons (Fsp3) is 0.462. The summed E-state index contributed by atoms with van der Waals surface area (Å²) in [6.45, 7) is 6.61. The van der Waals surface area contributed by atoms with Crippen LogP contribution < -0.4 is 0 Å². The van der Waals surface area contributed by atoms with Crippen molar-refractivity contribution in [3.8, 4) is 0 Å². The van der Waals surface area contributed by atoms with Gasteiger partial charge in [0.1, 0.15) is 0 Å². The second kappa shape index (κ2) is 4.16. The molecule has 1 aromatic carbocycles. The molecular formula is C13H18N2O. The first-order valence-electron chi connectivity index (χ1n) is 5.64. The van der Waals surface area contributed by atoms with Crippen molar-refractivity contribution in [2.45, 2.75) is 20.4 Å². The number of carbonyl (C=O) groups is 1. The Hall–Kier alpha value is -1.51. The molecule has 1 aliphatic rings. The van der Waals surface area contributed by atoms with Gasteiger partial charge in [0, 0.05) is 26.7 Å². The lowest BCUT2D eigenvalue weighted by Gasteiger charge is -2.16. The van der Waals surface area contributed by atoms with E-state index < -0.39 is 0 Å². The number of amides is 2. The number of urea groups is 1. The van der Waals surface area contributed by atoms with Crippen LogP contribution in [0.5, 0.6) is 0 Å². The Labute approximate surface area is 96.7 Å². The molecule has 0 spiro atoms. The number of hydrogen-bond donors (Lipinski definition) is 0. The molecule has 86 valence electrons. The molecule has 0 unspecified atom stereocenters. The Balaban J connectivity index is 2.10. The maximum Gasteiger partial charge on any atom is 0.320 e. The van der Waals surface area contributed by atoms with Crippen molar-refractivity contribution in [3.63, 3.8) is 0 Å². The molecular weight excluding hydrogens is 200 g/mol. The minimum absolute atomic E-state index is 0.137. The van der Waals surface area contributed by atoms with Crippen LogP contribution in [-0.4, -0.2) is 36.0 Å². The van der Waals surface area contributed by atoms with E-state index in [1.807, 2.05) is 11.9 Å². The number of carbonyl (C=O) groups excluding carboxylic acids is 1. The van der Waals surface area contributed by atoms with Gasteiger partial charge in [0.2, 0.25) is 0 Å². The van der Waals surface area contributed by atoms with Crippen LogP contribution in [0.2, 0.25) is 0 Å². The highest BCUT2D eigenvalue weighted by molar-refractivity contribution is 5.76. The molecule has 1 saturated heterocycles. The van der Waals surface area contributed by atoms with E-state index in [9.17, 15) is 4.79 Å². The maximum absolute atomic E-state index is 11.7. The summed E-state index contributed by atoms with van der Waals surface area (Å²) in [5.41, 5.74) is 3.80. The van der Waals surface area contributed by atoms with E-state index >= 15 is 0 Å². The van der Waals surface area contributed by atoms with Crippen molar-refractivity contribution < 1.29 is 4.79 Å². The molecule has 0 aliphatic carbocycles. The van der Waals surface area contributed by atoms with Crippen LogP contribution >= 0.6 is 0 Å². The number of nitrogens with zero attached hydrogens (tertiary/aromatic N) is 2. The van der Waals surface area contributed by atoms with Crippen LogP contribution in [0, 0.1) is 13.8 Å². The monoisotopic (exact) mass is 218 g/mol. The molecule has 0 saturated carbocycles. The Morgan fingerprint density at radius 3 is 2.50 bits per heavy atom. The Bertz CT molecular complexity index is 414. The highest BCUT2D eigenvalue weighted by Crippen LogP contribution is 2.15. The van der Waals surface area contributed by atoms with Crippen molar-refractivity contribution in [3.05, 3.63) is 34.9 Å². The summed E-state index contributed by atoms with van der Waals surface area (Å²) < 4.78 is 0. The molecule has 3 nitrogen and oxygen atoms in total. The first-order valence-corrected chi connectivity index (χ1v) is 5.64. The Morgan fingerprint density at radius 1 is 1.19 bits per heavy atom. The molecule has 2 rings (SSSR count). The summed E-state index contributed by atoms with van der Waals surface area (Å²) in [6, 6.07) is 6.53. The SMILES string of the molecule is Cc1ccc(CN2CCN(C)C2=O)cc1C. The number of likely N-dealkylation sites (N-methyl/N-ethyl adjacent to an activating group) is 1. The lowest BCUT2D eigenvalue weighted by molar-refractivity contribution is 0.197. The van der Waals surface area contributed by atoms with Gasteiger partial charge in [-0.1, -0.05) is 18.2 Å². The van der Waals surface area contributed by atoms with Gasteiger partial charge in [0.15, 0.2) is 0 Å². The van der Waals surface area contributed by atoms with Crippen molar-refractivity contribution in [2.75, 3.05) is 20.1 Å². The topological polar surface area (TPSA) is 23.6 Å². The van der Waals surface area contributed by atoms with E-state index in [0.29, 0.717) is 0 Å². The summed E-state index contributed by atoms with van der Waals surface area (Å²) in [6.07, 6.45) is 0. The fourth-order valence-electron chi connectivity index (χ4n) is 1.97. The highest BCUT2D eigenvalue weighted by atomic mass is 16.2. The van der Waals surface area contributed by atoms with Crippen molar-refractivity contribution >= 4 is 6.03 Å². The van der Waals surface area contributed by atoms with Crippen LogP contribution in [0.1, 0.15) is 16.7 Å². The molecule has 0 radical (unpaired) electrons. The zero-order chi connectivity index (χ0) is 11.7. The smallest absolute Gasteiger partial charge is 0.320 e. The van der Waals surface area contributed by atoms with Gasteiger partial charge < -0.3 is 9.80 Å². The van der Waals surface area contributed by atoms with Crippen LogP contribution in [-0.2, 0) is 6.54 Å². The molecule has 2 amide bonds. The average Bonchev–Trinajstić information content (AvgIpc) is 2.55.